The number of amides is 1. The van der Waals surface area contributed by atoms with Gasteiger partial charge in [-0.3, -0.25) is 9.79 Å². The Balaban J connectivity index is 1.46. The number of benzene rings is 2. The van der Waals surface area contributed by atoms with Crippen LogP contribution >= 0.6 is 0 Å². The second kappa shape index (κ2) is 6.22. The normalized spacial score (nSPS) is 22.4. The molecule has 0 spiro atoms. The molecule has 0 saturated carbocycles. The molecule has 0 radical (unpaired) electrons. The van der Waals surface area contributed by atoms with E-state index in [-0.39, 0.29) is 11.9 Å². The summed E-state index contributed by atoms with van der Waals surface area (Å²) in [5.41, 5.74) is 6.84. The Morgan fingerprint density at radius 3 is 2.96 bits per heavy atom. The number of carbonyl (C=O) groups is 1. The Morgan fingerprint density at radius 1 is 1.22 bits per heavy atom. The van der Waals surface area contributed by atoms with Crippen molar-refractivity contribution in [3.63, 3.8) is 0 Å². The Hall–Kier alpha value is -2.62. The van der Waals surface area contributed by atoms with Crippen LogP contribution in [0, 0.1) is 6.92 Å². The summed E-state index contributed by atoms with van der Waals surface area (Å²) in [5.74, 6) is 1.51. The lowest BCUT2D eigenvalue weighted by atomic mass is 9.88. The summed E-state index contributed by atoms with van der Waals surface area (Å²) in [6.45, 7) is 2.93. The number of ether oxygens (including phenoxy) is 1. The van der Waals surface area contributed by atoms with Crippen LogP contribution in [0.3, 0.4) is 0 Å². The molecule has 4 nitrogen and oxygen atoms in total. The summed E-state index contributed by atoms with van der Waals surface area (Å²) in [7, 11) is 1.73. The molecule has 2 aliphatic heterocycles. The number of methoxy groups -OCH3 is 1. The minimum atomic E-state index is 0.145. The molecule has 2 aromatic carbocycles. The van der Waals surface area contributed by atoms with E-state index >= 15 is 0 Å². The van der Waals surface area contributed by atoms with Crippen molar-refractivity contribution >= 4 is 17.8 Å². The van der Waals surface area contributed by atoms with Crippen LogP contribution in [-0.2, 0) is 12.8 Å². The van der Waals surface area contributed by atoms with Crippen LogP contribution in [0.25, 0.3) is 0 Å². The first-order valence-corrected chi connectivity index (χ1v) is 9.79. The van der Waals surface area contributed by atoms with Crippen LogP contribution in [0.1, 0.15) is 51.4 Å². The molecule has 1 aliphatic carbocycles. The zero-order chi connectivity index (χ0) is 18.5. The van der Waals surface area contributed by atoms with Gasteiger partial charge in [-0.05, 0) is 66.6 Å². The minimum Gasteiger partial charge on any atom is -0.496 e. The number of hydrogen-bond donors (Lipinski definition) is 0. The lowest BCUT2D eigenvalue weighted by molar-refractivity contribution is 0.0595. The van der Waals surface area contributed by atoms with Crippen LogP contribution in [0.2, 0.25) is 0 Å². The van der Waals surface area contributed by atoms with Crippen LogP contribution in [0.15, 0.2) is 35.3 Å². The number of carbonyl (C=O) groups excluding carboxylic acids is 1. The molecule has 2 heterocycles. The van der Waals surface area contributed by atoms with E-state index in [9.17, 15) is 4.79 Å². The molecule has 3 aliphatic rings. The van der Waals surface area contributed by atoms with Gasteiger partial charge in [0.25, 0.3) is 5.91 Å². The molecule has 2 aromatic rings. The van der Waals surface area contributed by atoms with Crippen molar-refractivity contribution in [1.82, 2.24) is 4.90 Å². The summed E-state index contributed by atoms with van der Waals surface area (Å²) >= 11 is 0. The SMILES string of the molecule is COc1cc2c(cc1C)C[C@H]1[C@@H]2CCCN1C(=O)c1ccc2c(c1)N=CC2. The largest absolute Gasteiger partial charge is 0.496 e. The van der Waals surface area contributed by atoms with Crippen molar-refractivity contribution in [2.75, 3.05) is 13.7 Å². The second-order valence-electron chi connectivity index (χ2n) is 7.90. The maximum Gasteiger partial charge on any atom is 0.254 e. The van der Waals surface area contributed by atoms with E-state index in [1.165, 1.54) is 22.3 Å². The zero-order valence-electron chi connectivity index (χ0n) is 15.9. The summed E-state index contributed by atoms with van der Waals surface area (Å²) < 4.78 is 5.54. The van der Waals surface area contributed by atoms with E-state index in [1.54, 1.807) is 7.11 Å². The number of likely N-dealkylation sites (tertiary alicyclic amines) is 1. The lowest BCUT2D eigenvalue weighted by Gasteiger charge is -2.38. The van der Waals surface area contributed by atoms with E-state index in [2.05, 4.69) is 35.0 Å². The van der Waals surface area contributed by atoms with Gasteiger partial charge in [0.1, 0.15) is 5.75 Å². The van der Waals surface area contributed by atoms with E-state index in [4.69, 9.17) is 4.74 Å². The van der Waals surface area contributed by atoms with Gasteiger partial charge in [-0.15, -0.1) is 0 Å². The molecule has 27 heavy (non-hydrogen) atoms. The van der Waals surface area contributed by atoms with Crippen molar-refractivity contribution in [2.24, 2.45) is 4.99 Å². The highest BCUT2D eigenvalue weighted by molar-refractivity contribution is 5.96. The second-order valence-corrected chi connectivity index (χ2v) is 7.90. The van der Waals surface area contributed by atoms with Crippen molar-refractivity contribution in [1.29, 1.82) is 0 Å². The number of fused-ring (bicyclic) bond motifs is 4. The molecule has 0 unspecified atom stereocenters. The van der Waals surface area contributed by atoms with Gasteiger partial charge in [0.2, 0.25) is 0 Å². The molecule has 0 N–H and O–H groups in total. The highest BCUT2D eigenvalue weighted by Gasteiger charge is 2.41. The van der Waals surface area contributed by atoms with Crippen molar-refractivity contribution < 1.29 is 9.53 Å². The third-order valence-electron chi connectivity index (χ3n) is 6.40. The van der Waals surface area contributed by atoms with Gasteiger partial charge >= 0.3 is 0 Å². The molecule has 1 amide bonds. The Morgan fingerprint density at radius 2 is 2.11 bits per heavy atom. The summed E-state index contributed by atoms with van der Waals surface area (Å²) in [4.78, 5) is 19.8. The van der Waals surface area contributed by atoms with E-state index < -0.39 is 0 Å². The Kier molecular flexibility index (Phi) is 3.81. The maximum atomic E-state index is 13.3. The van der Waals surface area contributed by atoms with E-state index in [0.29, 0.717) is 5.92 Å². The predicted molar refractivity (Wildman–Crippen MR) is 107 cm³/mol. The first-order valence-electron chi connectivity index (χ1n) is 9.79. The number of nitrogens with zero attached hydrogens (tertiary/aromatic N) is 2. The fraction of sp³-hybridized carbons (Fsp3) is 0.391. The van der Waals surface area contributed by atoms with Crippen molar-refractivity contribution in [3.05, 3.63) is 58.1 Å². The highest BCUT2D eigenvalue weighted by atomic mass is 16.5. The number of aryl methyl sites for hydroxylation is 1. The number of piperidine rings is 1. The van der Waals surface area contributed by atoms with E-state index in [1.807, 2.05) is 18.3 Å². The smallest absolute Gasteiger partial charge is 0.254 e. The van der Waals surface area contributed by atoms with Gasteiger partial charge in [-0.1, -0.05) is 12.1 Å². The fourth-order valence-corrected chi connectivity index (χ4v) is 5.05. The van der Waals surface area contributed by atoms with Crippen molar-refractivity contribution in [3.8, 4) is 5.75 Å². The highest BCUT2D eigenvalue weighted by Crippen LogP contribution is 2.44. The molecule has 4 heteroatoms. The van der Waals surface area contributed by atoms with Crippen molar-refractivity contribution in [2.45, 2.75) is 44.6 Å². The predicted octanol–water partition coefficient (Wildman–Crippen LogP) is 4.21. The van der Waals surface area contributed by atoms with Crippen LogP contribution in [0.4, 0.5) is 5.69 Å². The monoisotopic (exact) mass is 360 g/mol. The average molecular weight is 360 g/mol. The number of rotatable bonds is 2. The standard InChI is InChI=1S/C23H24N2O2/c1-14-10-17-12-21-18(19(17)13-22(14)27-2)4-3-9-25(21)23(26)16-6-5-15-7-8-24-20(15)11-16/h5-6,8,10-11,13,18,21H,3-4,7,9,12H2,1-2H3/t18-,21+/m1/s1. The molecule has 0 aromatic heterocycles. The lowest BCUT2D eigenvalue weighted by Crippen LogP contribution is -2.46. The molecule has 2 atom stereocenters. The molecular formula is C23H24N2O2. The Bertz CT molecular complexity index is 963. The van der Waals surface area contributed by atoms with Gasteiger partial charge < -0.3 is 9.64 Å². The summed E-state index contributed by atoms with van der Waals surface area (Å²) in [5, 5.41) is 0. The zero-order valence-corrected chi connectivity index (χ0v) is 15.9. The third-order valence-corrected chi connectivity index (χ3v) is 6.40. The molecule has 1 fully saturated rings. The van der Waals surface area contributed by atoms with Crippen LogP contribution < -0.4 is 4.74 Å². The number of hydrogen-bond acceptors (Lipinski definition) is 3. The third kappa shape index (κ3) is 2.58. The number of aliphatic imine (C=N–C) groups is 1. The van der Waals surface area contributed by atoms with Crippen LogP contribution in [0.5, 0.6) is 5.75 Å². The topological polar surface area (TPSA) is 41.9 Å². The quantitative estimate of drug-likeness (QED) is 0.805. The molecule has 138 valence electrons. The van der Waals surface area contributed by atoms with Gasteiger partial charge in [-0.25, -0.2) is 0 Å². The van der Waals surface area contributed by atoms with Gasteiger partial charge in [0.15, 0.2) is 0 Å². The molecular weight excluding hydrogens is 336 g/mol. The molecule has 5 rings (SSSR count). The van der Waals surface area contributed by atoms with Gasteiger partial charge in [0, 0.05) is 36.7 Å². The summed E-state index contributed by atoms with van der Waals surface area (Å²) in [6.07, 6.45) is 5.92. The average Bonchev–Trinajstić information content (AvgIpc) is 3.29. The summed E-state index contributed by atoms with van der Waals surface area (Å²) in [6, 6.07) is 10.7. The van der Waals surface area contributed by atoms with Gasteiger partial charge in [-0.2, -0.15) is 0 Å². The van der Waals surface area contributed by atoms with Crippen LogP contribution in [-0.4, -0.2) is 36.7 Å². The first kappa shape index (κ1) is 16.5. The Labute approximate surface area is 159 Å². The molecule has 0 bridgehead atoms. The van der Waals surface area contributed by atoms with Gasteiger partial charge in [0.05, 0.1) is 12.8 Å². The minimum absolute atomic E-state index is 0.145. The maximum absolute atomic E-state index is 13.3. The first-order chi connectivity index (χ1) is 13.2. The molecule has 1 saturated heterocycles. The van der Waals surface area contributed by atoms with E-state index in [0.717, 1.165) is 49.2 Å². The fourth-order valence-electron chi connectivity index (χ4n) is 5.05.